The molecule has 140 valence electrons. The largest absolute Gasteiger partial charge is 0.336 e. The number of rotatable bonds is 3. The molecule has 0 unspecified atom stereocenters. The summed E-state index contributed by atoms with van der Waals surface area (Å²) in [6.45, 7) is 0.751. The molecule has 7 nitrogen and oxygen atoms in total. The van der Waals surface area contributed by atoms with Crippen molar-refractivity contribution in [1.29, 1.82) is 0 Å². The highest BCUT2D eigenvalue weighted by Gasteiger charge is 2.53. The fourth-order valence-electron chi connectivity index (χ4n) is 4.11. The third kappa shape index (κ3) is 2.78. The van der Waals surface area contributed by atoms with Gasteiger partial charge in [0.15, 0.2) is 9.84 Å². The summed E-state index contributed by atoms with van der Waals surface area (Å²) in [7, 11) is 2.40. The Bertz CT molecular complexity index is 933. The van der Waals surface area contributed by atoms with Crippen molar-refractivity contribution in [2.75, 3.05) is 32.9 Å². The van der Waals surface area contributed by atoms with Crippen LogP contribution >= 0.6 is 11.3 Å². The molecule has 2 aliphatic rings. The Balaban J connectivity index is 1.59. The van der Waals surface area contributed by atoms with Crippen molar-refractivity contribution < 1.29 is 13.2 Å². The third-order valence-corrected chi connectivity index (χ3v) is 8.61. The van der Waals surface area contributed by atoms with E-state index in [0.717, 1.165) is 10.6 Å². The minimum absolute atomic E-state index is 0.0241. The number of hydrogen-bond acceptors (Lipinski definition) is 6. The number of fused-ring (bicyclic) bond motifs is 1. The third-order valence-electron chi connectivity index (χ3n) is 5.49. The van der Waals surface area contributed by atoms with Crippen molar-refractivity contribution >= 4 is 27.1 Å². The lowest BCUT2D eigenvalue weighted by molar-refractivity contribution is 0.0768. The van der Waals surface area contributed by atoms with Crippen LogP contribution in [0, 0.1) is 5.92 Å². The summed E-state index contributed by atoms with van der Waals surface area (Å²) in [5.74, 6) is 0.0138. The molecule has 2 aromatic heterocycles. The van der Waals surface area contributed by atoms with Crippen molar-refractivity contribution in [3.63, 3.8) is 0 Å². The molecule has 3 atom stereocenters. The maximum Gasteiger partial charge on any atom is 0.272 e. The summed E-state index contributed by atoms with van der Waals surface area (Å²) < 4.78 is 26.6. The van der Waals surface area contributed by atoms with E-state index in [-0.39, 0.29) is 30.2 Å². The first-order valence-electron chi connectivity index (χ1n) is 8.53. The molecule has 2 fully saturated rings. The fraction of sp³-hybridized carbons (Fsp3) is 0.529. The van der Waals surface area contributed by atoms with E-state index in [4.69, 9.17) is 0 Å². The van der Waals surface area contributed by atoms with Gasteiger partial charge in [-0.05, 0) is 31.6 Å². The predicted molar refractivity (Wildman–Crippen MR) is 101 cm³/mol. The lowest BCUT2D eigenvalue weighted by Crippen LogP contribution is -2.39. The quantitative estimate of drug-likeness (QED) is 0.775. The summed E-state index contributed by atoms with van der Waals surface area (Å²) in [5.41, 5.74) is 1.26. The highest BCUT2D eigenvalue weighted by Crippen LogP contribution is 2.36. The highest BCUT2D eigenvalue weighted by molar-refractivity contribution is 7.92. The Morgan fingerprint density at radius 3 is 2.77 bits per heavy atom. The molecule has 0 radical (unpaired) electrons. The number of hydrogen-bond donors (Lipinski definition) is 0. The molecule has 0 aromatic carbocycles. The van der Waals surface area contributed by atoms with Gasteiger partial charge in [-0.25, -0.2) is 8.42 Å². The van der Waals surface area contributed by atoms with Crippen LogP contribution in [0.4, 0.5) is 0 Å². The number of aromatic nitrogens is 2. The van der Waals surface area contributed by atoms with E-state index in [1.807, 2.05) is 36.5 Å². The first-order valence-corrected chi connectivity index (χ1v) is 11.1. The van der Waals surface area contributed by atoms with E-state index in [1.54, 1.807) is 34.0 Å². The number of aryl methyl sites for hydroxylation is 1. The van der Waals surface area contributed by atoms with Gasteiger partial charge in [-0.3, -0.25) is 9.48 Å². The molecule has 0 spiro atoms. The molecule has 4 heterocycles. The van der Waals surface area contributed by atoms with Crippen LogP contribution in [-0.2, 0) is 16.9 Å². The number of likely N-dealkylation sites (tertiary alicyclic amines) is 1. The summed E-state index contributed by atoms with van der Waals surface area (Å²) in [6.07, 6.45) is 0. The van der Waals surface area contributed by atoms with E-state index in [0.29, 0.717) is 12.2 Å². The first-order chi connectivity index (χ1) is 12.3. The zero-order valence-electron chi connectivity index (χ0n) is 15.0. The molecule has 2 saturated heterocycles. The van der Waals surface area contributed by atoms with Crippen LogP contribution in [0.15, 0.2) is 23.6 Å². The number of carbonyl (C=O) groups is 1. The van der Waals surface area contributed by atoms with Crippen molar-refractivity contribution in [2.45, 2.75) is 11.3 Å². The molecule has 0 saturated carbocycles. The van der Waals surface area contributed by atoms with Gasteiger partial charge in [-0.1, -0.05) is 6.07 Å². The average Bonchev–Trinajstić information content (AvgIpc) is 3.31. The van der Waals surface area contributed by atoms with Gasteiger partial charge in [0.1, 0.15) is 11.4 Å². The van der Waals surface area contributed by atoms with Gasteiger partial charge >= 0.3 is 0 Å². The van der Waals surface area contributed by atoms with Crippen LogP contribution in [-0.4, -0.2) is 78.1 Å². The van der Waals surface area contributed by atoms with Gasteiger partial charge in [0, 0.05) is 32.1 Å². The Morgan fingerprint density at radius 1 is 1.35 bits per heavy atom. The van der Waals surface area contributed by atoms with Gasteiger partial charge in [0.05, 0.1) is 15.9 Å². The normalized spacial score (nSPS) is 27.2. The maximum atomic E-state index is 13.0. The molecule has 9 heteroatoms. The SMILES string of the molecule is CN(C)[C@@H]1CS(=O)(=O)[C@H]2CN(C(=O)c3cc(-c4cccs4)nn3C)C[C@@H]12. The molecule has 0 bridgehead atoms. The number of thiophene rings is 1. The molecule has 0 N–H and O–H groups in total. The second-order valence-electron chi connectivity index (χ2n) is 7.29. The summed E-state index contributed by atoms with van der Waals surface area (Å²) in [5, 5.41) is 5.96. The van der Waals surface area contributed by atoms with Gasteiger partial charge < -0.3 is 9.80 Å². The van der Waals surface area contributed by atoms with E-state index >= 15 is 0 Å². The first kappa shape index (κ1) is 17.7. The van der Waals surface area contributed by atoms with Crippen LogP contribution in [0.3, 0.4) is 0 Å². The van der Waals surface area contributed by atoms with Crippen molar-refractivity contribution in [3.8, 4) is 10.6 Å². The van der Waals surface area contributed by atoms with E-state index in [9.17, 15) is 13.2 Å². The number of amides is 1. The van der Waals surface area contributed by atoms with Crippen LogP contribution < -0.4 is 0 Å². The topological polar surface area (TPSA) is 75.5 Å². The Kier molecular flexibility index (Phi) is 4.20. The minimum Gasteiger partial charge on any atom is -0.336 e. The monoisotopic (exact) mass is 394 g/mol. The van der Waals surface area contributed by atoms with Gasteiger partial charge in [0.25, 0.3) is 5.91 Å². The van der Waals surface area contributed by atoms with Crippen molar-refractivity contribution in [3.05, 3.63) is 29.3 Å². The Hall–Kier alpha value is -1.71. The summed E-state index contributed by atoms with van der Waals surface area (Å²) >= 11 is 1.57. The summed E-state index contributed by atoms with van der Waals surface area (Å²) in [6, 6.07) is 5.68. The molecule has 2 aromatic rings. The molecule has 1 amide bonds. The zero-order chi connectivity index (χ0) is 18.6. The number of carbonyl (C=O) groups excluding carboxylic acids is 1. The van der Waals surface area contributed by atoms with E-state index in [2.05, 4.69) is 5.10 Å². The Labute approximate surface area is 157 Å². The molecule has 0 aliphatic carbocycles. The van der Waals surface area contributed by atoms with Gasteiger partial charge in [0.2, 0.25) is 0 Å². The molecule has 2 aliphatic heterocycles. The summed E-state index contributed by atoms with van der Waals surface area (Å²) in [4.78, 5) is 17.7. The minimum atomic E-state index is -3.16. The second-order valence-corrected chi connectivity index (χ2v) is 10.5. The number of sulfone groups is 1. The lowest BCUT2D eigenvalue weighted by Gasteiger charge is -2.25. The molecular weight excluding hydrogens is 372 g/mol. The van der Waals surface area contributed by atoms with Gasteiger partial charge in [-0.15, -0.1) is 11.3 Å². The smallest absolute Gasteiger partial charge is 0.272 e. The predicted octanol–water partition coefficient (Wildman–Crippen LogP) is 0.948. The standard InChI is InChI=1S/C17H22N4O3S2/c1-19(2)14-10-26(23,24)16-9-21(8-11(14)16)17(22)13-7-12(18-20(13)3)15-5-4-6-25-15/h4-7,11,14,16H,8-10H2,1-3H3/t11-,14+,16-/m0/s1. The van der Waals surface area contributed by atoms with Crippen molar-refractivity contribution in [2.24, 2.45) is 13.0 Å². The zero-order valence-corrected chi connectivity index (χ0v) is 16.6. The van der Waals surface area contributed by atoms with Crippen LogP contribution in [0.25, 0.3) is 10.6 Å². The Morgan fingerprint density at radius 2 is 2.12 bits per heavy atom. The van der Waals surface area contributed by atoms with Crippen LogP contribution in [0.5, 0.6) is 0 Å². The van der Waals surface area contributed by atoms with Crippen molar-refractivity contribution in [1.82, 2.24) is 19.6 Å². The van der Waals surface area contributed by atoms with E-state index in [1.165, 1.54) is 0 Å². The molecule has 4 rings (SSSR count). The highest BCUT2D eigenvalue weighted by atomic mass is 32.2. The van der Waals surface area contributed by atoms with E-state index < -0.39 is 15.1 Å². The molecule has 26 heavy (non-hydrogen) atoms. The van der Waals surface area contributed by atoms with Crippen LogP contribution in [0.2, 0.25) is 0 Å². The maximum absolute atomic E-state index is 13.0. The van der Waals surface area contributed by atoms with Gasteiger partial charge in [-0.2, -0.15) is 5.10 Å². The average molecular weight is 395 g/mol. The van der Waals surface area contributed by atoms with Crippen LogP contribution in [0.1, 0.15) is 10.5 Å². The number of nitrogens with zero attached hydrogens (tertiary/aromatic N) is 4. The molecular formula is C17H22N4O3S2. The fourth-order valence-corrected chi connectivity index (χ4v) is 7.26. The second kappa shape index (κ2) is 6.17. The lowest BCUT2D eigenvalue weighted by atomic mass is 10.00.